The quantitative estimate of drug-likeness (QED) is 0.807. The third-order valence-electron chi connectivity index (χ3n) is 2.01. The van der Waals surface area contributed by atoms with Crippen molar-refractivity contribution in [2.24, 2.45) is 0 Å². The zero-order valence-corrected chi connectivity index (χ0v) is 11.2. The van der Waals surface area contributed by atoms with Gasteiger partial charge in [0.05, 0.1) is 15.7 Å². The Labute approximate surface area is 113 Å². The van der Waals surface area contributed by atoms with E-state index in [4.69, 9.17) is 34.8 Å². The number of nitrogens with one attached hydrogen (secondary N) is 1. The van der Waals surface area contributed by atoms with E-state index in [1.54, 1.807) is 23.5 Å². The molecule has 0 bridgehead atoms. The standard InChI is InChI=1S/C11H8Cl3NS/c12-7-1-2-11(10(14)4-7)15-5-9-3-8(13)6-16-9/h1-4,6,15H,5H2. The van der Waals surface area contributed by atoms with Gasteiger partial charge in [0.15, 0.2) is 0 Å². The van der Waals surface area contributed by atoms with Crippen LogP contribution < -0.4 is 5.32 Å². The fourth-order valence-electron chi connectivity index (χ4n) is 1.26. The minimum absolute atomic E-state index is 0.621. The van der Waals surface area contributed by atoms with Crippen molar-refractivity contribution in [3.8, 4) is 0 Å². The fraction of sp³-hybridized carbons (Fsp3) is 0.0909. The summed E-state index contributed by atoms with van der Waals surface area (Å²) in [6.07, 6.45) is 0. The molecular formula is C11H8Cl3NS. The van der Waals surface area contributed by atoms with E-state index in [0.717, 1.165) is 15.6 Å². The Bertz CT molecular complexity index is 496. The van der Waals surface area contributed by atoms with Crippen molar-refractivity contribution in [2.45, 2.75) is 6.54 Å². The molecule has 0 saturated heterocycles. The second-order valence-corrected chi connectivity index (χ2v) is 5.48. The maximum absolute atomic E-state index is 6.03. The van der Waals surface area contributed by atoms with E-state index in [9.17, 15) is 0 Å². The summed E-state index contributed by atoms with van der Waals surface area (Å²) in [5.74, 6) is 0. The van der Waals surface area contributed by atoms with E-state index in [-0.39, 0.29) is 0 Å². The van der Waals surface area contributed by atoms with Gasteiger partial charge in [-0.1, -0.05) is 34.8 Å². The molecule has 1 heterocycles. The molecule has 0 atom stereocenters. The third kappa shape index (κ3) is 3.05. The largest absolute Gasteiger partial charge is 0.379 e. The SMILES string of the molecule is Clc1csc(CNc2ccc(Cl)cc2Cl)c1. The Kier molecular flexibility index (Phi) is 3.98. The van der Waals surface area contributed by atoms with Gasteiger partial charge in [-0.2, -0.15) is 0 Å². The monoisotopic (exact) mass is 291 g/mol. The van der Waals surface area contributed by atoms with Gasteiger partial charge in [0.2, 0.25) is 0 Å². The van der Waals surface area contributed by atoms with Crippen LogP contribution in [0.4, 0.5) is 5.69 Å². The molecule has 0 aliphatic carbocycles. The van der Waals surface area contributed by atoms with Crippen LogP contribution in [-0.2, 0) is 6.54 Å². The predicted octanol–water partition coefficient (Wildman–Crippen LogP) is 5.32. The predicted molar refractivity (Wildman–Crippen MR) is 73.1 cm³/mol. The van der Waals surface area contributed by atoms with Crippen molar-refractivity contribution < 1.29 is 0 Å². The average Bonchev–Trinajstić information content (AvgIpc) is 2.63. The fourth-order valence-corrected chi connectivity index (χ4v) is 2.75. The van der Waals surface area contributed by atoms with Crippen molar-refractivity contribution in [2.75, 3.05) is 5.32 Å². The Morgan fingerprint density at radius 2 is 1.88 bits per heavy atom. The molecule has 0 amide bonds. The number of anilines is 1. The molecule has 0 saturated carbocycles. The number of thiophene rings is 1. The van der Waals surface area contributed by atoms with Gasteiger partial charge in [-0.05, 0) is 24.3 Å². The van der Waals surface area contributed by atoms with Crippen LogP contribution >= 0.6 is 46.1 Å². The Hall–Kier alpha value is -0.410. The Morgan fingerprint density at radius 1 is 1.06 bits per heavy atom. The van der Waals surface area contributed by atoms with Gasteiger partial charge < -0.3 is 5.32 Å². The lowest BCUT2D eigenvalue weighted by molar-refractivity contribution is 1.19. The number of halogens is 3. The summed E-state index contributed by atoms with van der Waals surface area (Å²) in [5.41, 5.74) is 0.871. The summed E-state index contributed by atoms with van der Waals surface area (Å²) in [5, 5.41) is 7.16. The number of hydrogen-bond donors (Lipinski definition) is 1. The molecule has 1 aromatic heterocycles. The van der Waals surface area contributed by atoms with Gasteiger partial charge in [-0.3, -0.25) is 0 Å². The summed E-state index contributed by atoms with van der Waals surface area (Å²) >= 11 is 19.3. The van der Waals surface area contributed by atoms with E-state index >= 15 is 0 Å². The lowest BCUT2D eigenvalue weighted by Crippen LogP contribution is -1.97. The van der Waals surface area contributed by atoms with Crippen LogP contribution in [-0.4, -0.2) is 0 Å². The van der Waals surface area contributed by atoms with E-state index < -0.39 is 0 Å². The second kappa shape index (κ2) is 5.28. The molecule has 1 aromatic carbocycles. The highest BCUT2D eigenvalue weighted by Crippen LogP contribution is 2.27. The Balaban J connectivity index is 2.04. The second-order valence-electron chi connectivity index (χ2n) is 3.21. The minimum atomic E-state index is 0.621. The molecule has 0 spiro atoms. The van der Waals surface area contributed by atoms with E-state index in [1.165, 1.54) is 0 Å². The van der Waals surface area contributed by atoms with Gasteiger partial charge in [0, 0.05) is 21.8 Å². The highest BCUT2D eigenvalue weighted by Gasteiger charge is 2.02. The molecule has 5 heteroatoms. The van der Waals surface area contributed by atoms with Gasteiger partial charge >= 0.3 is 0 Å². The lowest BCUT2D eigenvalue weighted by atomic mass is 10.3. The van der Waals surface area contributed by atoms with Crippen LogP contribution in [0.1, 0.15) is 4.88 Å². The number of rotatable bonds is 3. The van der Waals surface area contributed by atoms with Crippen LogP contribution in [0.25, 0.3) is 0 Å². The molecular weight excluding hydrogens is 285 g/mol. The number of hydrogen-bond acceptors (Lipinski definition) is 2. The summed E-state index contributed by atoms with van der Waals surface area (Å²) in [6.45, 7) is 0.707. The molecule has 0 fully saturated rings. The van der Waals surface area contributed by atoms with Gasteiger partial charge in [-0.25, -0.2) is 0 Å². The molecule has 0 aliphatic heterocycles. The van der Waals surface area contributed by atoms with Crippen LogP contribution in [0.3, 0.4) is 0 Å². The average molecular weight is 293 g/mol. The highest BCUT2D eigenvalue weighted by atomic mass is 35.5. The maximum Gasteiger partial charge on any atom is 0.0652 e. The van der Waals surface area contributed by atoms with Crippen LogP contribution in [0.2, 0.25) is 15.1 Å². The Morgan fingerprint density at radius 3 is 2.50 bits per heavy atom. The molecule has 16 heavy (non-hydrogen) atoms. The molecule has 1 nitrogen and oxygen atoms in total. The van der Waals surface area contributed by atoms with Crippen molar-refractivity contribution in [1.82, 2.24) is 0 Å². The molecule has 2 rings (SSSR count). The summed E-state index contributed by atoms with van der Waals surface area (Å²) in [6, 6.07) is 7.31. The maximum atomic E-state index is 6.03. The topological polar surface area (TPSA) is 12.0 Å². The zero-order chi connectivity index (χ0) is 11.5. The summed E-state index contributed by atoms with van der Waals surface area (Å²) in [4.78, 5) is 1.16. The van der Waals surface area contributed by atoms with Crippen LogP contribution in [0.5, 0.6) is 0 Å². The minimum Gasteiger partial charge on any atom is -0.379 e. The molecule has 2 aromatic rings. The highest BCUT2D eigenvalue weighted by molar-refractivity contribution is 7.10. The zero-order valence-electron chi connectivity index (χ0n) is 8.14. The molecule has 84 valence electrons. The molecule has 0 unspecified atom stereocenters. The molecule has 0 aliphatic rings. The van der Waals surface area contributed by atoms with E-state index in [2.05, 4.69) is 5.32 Å². The smallest absolute Gasteiger partial charge is 0.0652 e. The van der Waals surface area contributed by atoms with Crippen molar-refractivity contribution in [3.05, 3.63) is 49.6 Å². The summed E-state index contributed by atoms with van der Waals surface area (Å²) in [7, 11) is 0. The van der Waals surface area contributed by atoms with Gasteiger partial charge in [0.25, 0.3) is 0 Å². The molecule has 1 N–H and O–H groups in total. The van der Waals surface area contributed by atoms with Crippen molar-refractivity contribution in [3.63, 3.8) is 0 Å². The lowest BCUT2D eigenvalue weighted by Gasteiger charge is -2.07. The van der Waals surface area contributed by atoms with Crippen LogP contribution in [0.15, 0.2) is 29.6 Å². The van der Waals surface area contributed by atoms with Crippen molar-refractivity contribution in [1.29, 1.82) is 0 Å². The van der Waals surface area contributed by atoms with Crippen molar-refractivity contribution >= 4 is 51.8 Å². The van der Waals surface area contributed by atoms with E-state index in [1.807, 2.05) is 17.5 Å². The first kappa shape index (κ1) is 12.1. The first-order valence-electron chi connectivity index (χ1n) is 4.57. The van der Waals surface area contributed by atoms with Crippen LogP contribution in [0, 0.1) is 0 Å². The number of benzene rings is 1. The first-order chi connectivity index (χ1) is 7.65. The molecule has 0 radical (unpaired) electrons. The van der Waals surface area contributed by atoms with Gasteiger partial charge in [0.1, 0.15) is 0 Å². The van der Waals surface area contributed by atoms with E-state index in [0.29, 0.717) is 16.6 Å². The normalized spacial score (nSPS) is 10.4. The third-order valence-corrected chi connectivity index (χ3v) is 3.84. The summed E-state index contributed by atoms with van der Waals surface area (Å²) < 4.78 is 0. The first-order valence-corrected chi connectivity index (χ1v) is 6.58. The van der Waals surface area contributed by atoms with Gasteiger partial charge in [-0.15, -0.1) is 11.3 Å².